The first kappa shape index (κ1) is 22.2. The van der Waals surface area contributed by atoms with E-state index in [-0.39, 0.29) is 48.5 Å². The van der Waals surface area contributed by atoms with Gasteiger partial charge in [0.2, 0.25) is 11.8 Å². The molecular weight excluding hydrogens is 440 g/mol. The Hall–Kier alpha value is -3.60. The Morgan fingerprint density at radius 3 is 2.91 bits per heavy atom. The Morgan fingerprint density at radius 1 is 1.26 bits per heavy atom. The molecule has 0 spiro atoms. The van der Waals surface area contributed by atoms with Crippen LogP contribution in [0.1, 0.15) is 65.4 Å². The molecule has 4 amide bonds. The molecule has 5 rings (SSSR count). The van der Waals surface area contributed by atoms with Crippen LogP contribution >= 0.6 is 0 Å². The van der Waals surface area contributed by atoms with Gasteiger partial charge in [0.05, 0.1) is 18.0 Å². The first-order valence-corrected chi connectivity index (χ1v) is 11.6. The van der Waals surface area contributed by atoms with Crippen molar-refractivity contribution in [3.05, 3.63) is 41.2 Å². The van der Waals surface area contributed by atoms with Crippen LogP contribution in [0.4, 0.5) is 0 Å². The van der Waals surface area contributed by atoms with E-state index in [4.69, 9.17) is 4.74 Å². The van der Waals surface area contributed by atoms with Gasteiger partial charge in [0.1, 0.15) is 6.04 Å². The van der Waals surface area contributed by atoms with E-state index >= 15 is 0 Å². The van der Waals surface area contributed by atoms with Crippen LogP contribution in [0.2, 0.25) is 0 Å². The van der Waals surface area contributed by atoms with Crippen molar-refractivity contribution in [3.63, 3.8) is 0 Å². The number of hydrogen-bond donors (Lipinski definition) is 2. The van der Waals surface area contributed by atoms with Gasteiger partial charge in [-0.1, -0.05) is 12.1 Å². The zero-order valence-corrected chi connectivity index (χ0v) is 18.8. The van der Waals surface area contributed by atoms with Crippen molar-refractivity contribution in [1.82, 2.24) is 30.5 Å². The fourth-order valence-corrected chi connectivity index (χ4v) is 4.75. The molecule has 11 heteroatoms. The SMILES string of the molecule is CC[C@@H]1C[C@H](NC(=O)c2cn(-c3ccc4c(c3)CN(C3CCC(=O)NC3=O)C4=O)nn2)CCO1. The summed E-state index contributed by atoms with van der Waals surface area (Å²) in [5, 5.41) is 13.4. The lowest BCUT2D eigenvalue weighted by Crippen LogP contribution is -2.52. The number of rotatable bonds is 5. The van der Waals surface area contributed by atoms with Crippen LogP contribution in [0.3, 0.4) is 0 Å². The number of nitrogens with one attached hydrogen (secondary N) is 2. The highest BCUT2D eigenvalue weighted by Crippen LogP contribution is 2.29. The Balaban J connectivity index is 1.28. The number of benzene rings is 1. The molecule has 0 saturated carbocycles. The Bertz CT molecular complexity index is 1160. The summed E-state index contributed by atoms with van der Waals surface area (Å²) in [5.41, 5.74) is 2.12. The Morgan fingerprint density at radius 2 is 2.12 bits per heavy atom. The van der Waals surface area contributed by atoms with Gasteiger partial charge in [0.15, 0.2) is 5.69 Å². The predicted octanol–water partition coefficient (Wildman–Crippen LogP) is 0.716. The Kier molecular flexibility index (Phi) is 5.86. The zero-order valence-electron chi connectivity index (χ0n) is 18.8. The fraction of sp³-hybridized carbons (Fsp3) is 0.478. The van der Waals surface area contributed by atoms with Gasteiger partial charge in [-0.25, -0.2) is 4.68 Å². The highest BCUT2D eigenvalue weighted by atomic mass is 16.5. The molecule has 3 aliphatic rings. The van der Waals surface area contributed by atoms with E-state index in [1.807, 2.05) is 0 Å². The monoisotopic (exact) mass is 466 g/mol. The lowest BCUT2D eigenvalue weighted by atomic mass is 10.0. The lowest BCUT2D eigenvalue weighted by molar-refractivity contribution is -0.136. The van der Waals surface area contributed by atoms with Crippen molar-refractivity contribution < 1.29 is 23.9 Å². The number of amides is 4. The minimum atomic E-state index is -0.666. The number of hydrogen-bond acceptors (Lipinski definition) is 7. The summed E-state index contributed by atoms with van der Waals surface area (Å²) in [5.74, 6) is -1.29. The van der Waals surface area contributed by atoms with Crippen molar-refractivity contribution >= 4 is 23.6 Å². The number of nitrogens with zero attached hydrogens (tertiary/aromatic N) is 4. The molecule has 1 aromatic carbocycles. The molecule has 2 fully saturated rings. The molecule has 178 valence electrons. The summed E-state index contributed by atoms with van der Waals surface area (Å²) in [6.45, 7) is 2.95. The molecule has 0 bridgehead atoms. The van der Waals surface area contributed by atoms with Gasteiger partial charge in [0.25, 0.3) is 11.8 Å². The number of ether oxygens (including phenoxy) is 1. The minimum Gasteiger partial charge on any atom is -0.378 e. The zero-order chi connectivity index (χ0) is 23.8. The number of carbonyl (C=O) groups excluding carboxylic acids is 4. The van der Waals surface area contributed by atoms with E-state index in [0.717, 1.165) is 24.8 Å². The number of piperidine rings is 1. The third-order valence-electron chi connectivity index (χ3n) is 6.66. The summed E-state index contributed by atoms with van der Waals surface area (Å²) in [6.07, 6.45) is 4.68. The molecule has 2 N–H and O–H groups in total. The van der Waals surface area contributed by atoms with Crippen molar-refractivity contribution in [2.24, 2.45) is 0 Å². The van der Waals surface area contributed by atoms with Gasteiger partial charge in [-0.2, -0.15) is 0 Å². The van der Waals surface area contributed by atoms with Crippen molar-refractivity contribution in [1.29, 1.82) is 0 Å². The van der Waals surface area contributed by atoms with E-state index in [2.05, 4.69) is 27.9 Å². The maximum absolute atomic E-state index is 12.9. The predicted molar refractivity (Wildman–Crippen MR) is 118 cm³/mol. The first-order chi connectivity index (χ1) is 16.4. The van der Waals surface area contributed by atoms with Crippen LogP contribution in [0.5, 0.6) is 0 Å². The van der Waals surface area contributed by atoms with Crippen LogP contribution in [0.15, 0.2) is 24.4 Å². The summed E-state index contributed by atoms with van der Waals surface area (Å²) >= 11 is 0. The van der Waals surface area contributed by atoms with E-state index in [9.17, 15) is 19.2 Å². The van der Waals surface area contributed by atoms with Gasteiger partial charge in [-0.15, -0.1) is 5.10 Å². The van der Waals surface area contributed by atoms with Crippen LogP contribution in [-0.2, 0) is 20.9 Å². The van der Waals surface area contributed by atoms with Gasteiger partial charge >= 0.3 is 0 Å². The summed E-state index contributed by atoms with van der Waals surface area (Å²) in [4.78, 5) is 50.7. The molecule has 2 saturated heterocycles. The second-order valence-electron chi connectivity index (χ2n) is 8.89. The van der Waals surface area contributed by atoms with Crippen LogP contribution in [0.25, 0.3) is 5.69 Å². The van der Waals surface area contributed by atoms with Crippen molar-refractivity contribution in [3.8, 4) is 5.69 Å². The molecule has 3 aliphatic heterocycles. The van der Waals surface area contributed by atoms with Gasteiger partial charge in [-0.3, -0.25) is 24.5 Å². The minimum absolute atomic E-state index is 0.0422. The standard InChI is InChI=1S/C23H26N6O5/c1-2-16-10-14(7-8-34-16)24-21(31)18-12-29(27-26-18)15-3-4-17-13(9-15)11-28(23(17)33)19-5-6-20(30)25-22(19)32/h3-4,9,12,14,16,19H,2,5-8,10-11H2,1H3,(H,24,31)(H,25,30,32)/t14-,16-,19?/m1/s1. The third-order valence-corrected chi connectivity index (χ3v) is 6.66. The quantitative estimate of drug-likeness (QED) is 0.620. The largest absolute Gasteiger partial charge is 0.378 e. The van der Waals surface area contributed by atoms with E-state index in [1.54, 1.807) is 24.4 Å². The van der Waals surface area contributed by atoms with E-state index in [1.165, 1.54) is 9.58 Å². The van der Waals surface area contributed by atoms with Crippen LogP contribution in [0, 0.1) is 0 Å². The molecular formula is C23H26N6O5. The third kappa shape index (κ3) is 4.18. The van der Waals surface area contributed by atoms with Crippen molar-refractivity contribution in [2.45, 2.75) is 63.8 Å². The summed E-state index contributed by atoms with van der Waals surface area (Å²) < 4.78 is 7.15. The highest BCUT2D eigenvalue weighted by Gasteiger charge is 2.39. The normalized spacial score (nSPS) is 24.7. The fourth-order valence-electron chi connectivity index (χ4n) is 4.75. The van der Waals surface area contributed by atoms with E-state index in [0.29, 0.717) is 24.3 Å². The number of fused-ring (bicyclic) bond motifs is 1. The number of imide groups is 1. The molecule has 34 heavy (non-hydrogen) atoms. The van der Waals surface area contributed by atoms with Crippen molar-refractivity contribution in [2.75, 3.05) is 6.61 Å². The van der Waals surface area contributed by atoms with E-state index < -0.39 is 11.9 Å². The first-order valence-electron chi connectivity index (χ1n) is 11.6. The summed E-state index contributed by atoms with van der Waals surface area (Å²) in [6, 6.07) is 4.60. The second-order valence-corrected chi connectivity index (χ2v) is 8.89. The maximum Gasteiger partial charge on any atom is 0.273 e. The highest BCUT2D eigenvalue weighted by molar-refractivity contribution is 6.05. The van der Waals surface area contributed by atoms with Crippen LogP contribution in [-0.4, -0.2) is 68.3 Å². The second kappa shape index (κ2) is 8.98. The van der Waals surface area contributed by atoms with Crippen LogP contribution < -0.4 is 10.6 Å². The van der Waals surface area contributed by atoms with Gasteiger partial charge < -0.3 is 15.0 Å². The average molecular weight is 466 g/mol. The Labute approximate surface area is 195 Å². The molecule has 1 aromatic heterocycles. The van der Waals surface area contributed by atoms with Gasteiger partial charge in [0, 0.05) is 31.2 Å². The maximum atomic E-state index is 12.9. The average Bonchev–Trinajstić information content (AvgIpc) is 3.44. The molecule has 0 aliphatic carbocycles. The molecule has 1 unspecified atom stereocenters. The smallest absolute Gasteiger partial charge is 0.273 e. The molecule has 11 nitrogen and oxygen atoms in total. The summed E-state index contributed by atoms with van der Waals surface area (Å²) in [7, 11) is 0. The topological polar surface area (TPSA) is 136 Å². The van der Waals surface area contributed by atoms with Gasteiger partial charge in [-0.05, 0) is 49.4 Å². The lowest BCUT2D eigenvalue weighted by Gasteiger charge is -2.29. The molecule has 4 heterocycles. The molecule has 2 aromatic rings. The number of carbonyl (C=O) groups is 4. The molecule has 3 atom stereocenters. The number of aromatic nitrogens is 3. The molecule has 0 radical (unpaired) electrons.